The fourth-order valence-electron chi connectivity index (χ4n) is 7.92. The molecule has 0 N–H and O–H groups in total. The van der Waals surface area contributed by atoms with Crippen molar-refractivity contribution in [2.75, 3.05) is 0 Å². The SMILES string of the molecule is N#Cc1ccc(-n2c3c(ccc4c3c3ccccc3n4-c3ccccc3)c3ccc4c(c5ccccc5n4-c4ccccc4C#N)c32)cc1. The van der Waals surface area contributed by atoms with Crippen LogP contribution in [0.2, 0.25) is 0 Å². The molecule has 3 aromatic heterocycles. The molecule has 3 heterocycles. The third-order valence-electron chi connectivity index (χ3n) is 9.89. The summed E-state index contributed by atoms with van der Waals surface area (Å²) in [6.45, 7) is 0. The Labute approximate surface area is 280 Å². The fraction of sp³-hybridized carbons (Fsp3) is 0. The Morgan fingerprint density at radius 1 is 0.367 bits per heavy atom. The van der Waals surface area contributed by atoms with Crippen LogP contribution in [0.3, 0.4) is 0 Å². The van der Waals surface area contributed by atoms with E-state index in [0.29, 0.717) is 11.1 Å². The summed E-state index contributed by atoms with van der Waals surface area (Å²) in [5.41, 5.74) is 10.7. The van der Waals surface area contributed by atoms with Gasteiger partial charge in [-0.05, 0) is 72.8 Å². The summed E-state index contributed by atoms with van der Waals surface area (Å²) in [6.07, 6.45) is 0. The van der Waals surface area contributed by atoms with Crippen molar-refractivity contribution in [3.63, 3.8) is 0 Å². The number of fused-ring (bicyclic) bond motifs is 11. The van der Waals surface area contributed by atoms with E-state index in [1.807, 2.05) is 36.4 Å². The zero-order valence-corrected chi connectivity index (χ0v) is 26.2. The first-order valence-electron chi connectivity index (χ1n) is 16.2. The Balaban J connectivity index is 1.47. The molecule has 0 aliphatic carbocycles. The van der Waals surface area contributed by atoms with E-state index >= 15 is 0 Å². The van der Waals surface area contributed by atoms with Crippen molar-refractivity contribution in [1.82, 2.24) is 13.7 Å². The number of rotatable bonds is 3. The zero-order chi connectivity index (χ0) is 32.6. The maximum absolute atomic E-state index is 10.1. The highest BCUT2D eigenvalue weighted by atomic mass is 15.0. The standard InChI is InChI=1S/C44H25N5/c45-26-28-18-20-31(21-19-28)48-43-32(22-24-39-41(43)34-13-5-8-16-37(34)47(39)30-11-2-1-3-12-30)33-23-25-40-42(44(33)48)35-14-6-9-17-38(35)49(40)36-15-7-4-10-29(36)27-46/h1-25H. The Hall–Kier alpha value is -7.08. The Morgan fingerprint density at radius 3 is 1.53 bits per heavy atom. The number of para-hydroxylation sites is 4. The van der Waals surface area contributed by atoms with Gasteiger partial charge in [0, 0.05) is 43.7 Å². The maximum atomic E-state index is 10.1. The van der Waals surface area contributed by atoms with Crippen LogP contribution in [0, 0.1) is 22.7 Å². The molecule has 0 unspecified atom stereocenters. The van der Waals surface area contributed by atoms with E-state index in [1.54, 1.807) is 0 Å². The van der Waals surface area contributed by atoms with E-state index in [4.69, 9.17) is 0 Å². The van der Waals surface area contributed by atoms with Crippen molar-refractivity contribution in [2.24, 2.45) is 0 Å². The van der Waals surface area contributed by atoms with Crippen LogP contribution >= 0.6 is 0 Å². The third kappa shape index (κ3) is 3.67. The first-order chi connectivity index (χ1) is 24.3. The smallest absolute Gasteiger partial charge is 0.101 e. The summed E-state index contributed by atoms with van der Waals surface area (Å²) in [4.78, 5) is 0. The van der Waals surface area contributed by atoms with Gasteiger partial charge in [0.05, 0.1) is 56.0 Å². The summed E-state index contributed by atoms with van der Waals surface area (Å²) in [5.74, 6) is 0. The van der Waals surface area contributed by atoms with Crippen LogP contribution in [-0.2, 0) is 0 Å². The average molecular weight is 624 g/mol. The lowest BCUT2D eigenvalue weighted by atomic mass is 10.1. The summed E-state index contributed by atoms with van der Waals surface area (Å²) in [5, 5.41) is 26.7. The highest BCUT2D eigenvalue weighted by Crippen LogP contribution is 2.46. The molecule has 0 fully saturated rings. The van der Waals surface area contributed by atoms with Crippen LogP contribution in [-0.4, -0.2) is 13.7 Å². The highest BCUT2D eigenvalue weighted by Gasteiger charge is 2.25. The van der Waals surface area contributed by atoms with Crippen molar-refractivity contribution in [3.8, 4) is 29.2 Å². The van der Waals surface area contributed by atoms with Crippen LogP contribution in [0.25, 0.3) is 82.5 Å². The highest BCUT2D eigenvalue weighted by molar-refractivity contribution is 6.31. The van der Waals surface area contributed by atoms with E-state index in [9.17, 15) is 10.5 Å². The van der Waals surface area contributed by atoms with E-state index < -0.39 is 0 Å². The molecule has 10 aromatic rings. The number of nitriles is 2. The van der Waals surface area contributed by atoms with Gasteiger partial charge in [-0.15, -0.1) is 0 Å². The summed E-state index contributed by atoms with van der Waals surface area (Å²) in [7, 11) is 0. The third-order valence-corrected chi connectivity index (χ3v) is 9.89. The Kier molecular flexibility index (Phi) is 5.64. The molecule has 0 spiro atoms. The molecule has 226 valence electrons. The van der Waals surface area contributed by atoms with Gasteiger partial charge in [0.15, 0.2) is 0 Å². The van der Waals surface area contributed by atoms with E-state index in [1.165, 1.54) is 10.8 Å². The molecule has 5 nitrogen and oxygen atoms in total. The summed E-state index contributed by atoms with van der Waals surface area (Å²) < 4.78 is 6.97. The van der Waals surface area contributed by atoms with Gasteiger partial charge in [-0.2, -0.15) is 10.5 Å². The molecule has 49 heavy (non-hydrogen) atoms. The van der Waals surface area contributed by atoms with Gasteiger partial charge in [-0.1, -0.05) is 78.9 Å². The lowest BCUT2D eigenvalue weighted by Crippen LogP contribution is -1.98. The molecule has 10 rings (SSSR count). The molecule has 0 radical (unpaired) electrons. The maximum Gasteiger partial charge on any atom is 0.101 e. The topological polar surface area (TPSA) is 62.4 Å². The van der Waals surface area contributed by atoms with Gasteiger partial charge in [0.2, 0.25) is 0 Å². The minimum atomic E-state index is 0.616. The molecule has 0 saturated carbocycles. The minimum absolute atomic E-state index is 0.616. The van der Waals surface area contributed by atoms with Crippen LogP contribution < -0.4 is 0 Å². The monoisotopic (exact) mass is 623 g/mol. The molecule has 0 atom stereocenters. The molecule has 0 saturated heterocycles. The van der Waals surface area contributed by atoms with Crippen LogP contribution in [0.5, 0.6) is 0 Å². The first kappa shape index (κ1) is 27.1. The molecule has 7 aromatic carbocycles. The van der Waals surface area contributed by atoms with Gasteiger partial charge < -0.3 is 13.7 Å². The Bertz CT molecular complexity index is 3050. The molecular formula is C44H25N5. The lowest BCUT2D eigenvalue weighted by Gasteiger charge is -2.11. The summed E-state index contributed by atoms with van der Waals surface area (Å²) >= 11 is 0. The van der Waals surface area contributed by atoms with Crippen LogP contribution in [0.15, 0.2) is 152 Å². The number of hydrogen-bond donors (Lipinski definition) is 0. The van der Waals surface area contributed by atoms with Gasteiger partial charge in [-0.3, -0.25) is 0 Å². The van der Waals surface area contributed by atoms with Gasteiger partial charge >= 0.3 is 0 Å². The van der Waals surface area contributed by atoms with Crippen molar-refractivity contribution in [2.45, 2.75) is 0 Å². The van der Waals surface area contributed by atoms with Crippen molar-refractivity contribution < 1.29 is 0 Å². The second kappa shape index (κ2) is 10.2. The summed E-state index contributed by atoms with van der Waals surface area (Å²) in [6, 6.07) is 57.0. The van der Waals surface area contributed by atoms with E-state index in [-0.39, 0.29) is 0 Å². The predicted molar refractivity (Wildman–Crippen MR) is 199 cm³/mol. The van der Waals surface area contributed by atoms with Crippen LogP contribution in [0.1, 0.15) is 11.1 Å². The molecule has 0 amide bonds. The number of nitrogens with zero attached hydrogens (tertiary/aromatic N) is 5. The molecule has 0 aliphatic heterocycles. The molecule has 5 heteroatoms. The van der Waals surface area contributed by atoms with Crippen molar-refractivity contribution in [3.05, 3.63) is 163 Å². The molecule has 0 aliphatic rings. The van der Waals surface area contributed by atoms with Gasteiger partial charge in [0.25, 0.3) is 0 Å². The molecule has 0 bridgehead atoms. The Morgan fingerprint density at radius 2 is 0.898 bits per heavy atom. The fourth-order valence-corrected chi connectivity index (χ4v) is 7.92. The lowest BCUT2D eigenvalue weighted by molar-refractivity contribution is 1.16. The largest absolute Gasteiger partial charge is 0.309 e. The second-order valence-electron chi connectivity index (χ2n) is 12.4. The van der Waals surface area contributed by atoms with Crippen molar-refractivity contribution in [1.29, 1.82) is 10.5 Å². The van der Waals surface area contributed by atoms with E-state index in [2.05, 4.69) is 141 Å². The van der Waals surface area contributed by atoms with Gasteiger partial charge in [0.1, 0.15) is 6.07 Å². The first-order valence-corrected chi connectivity index (χ1v) is 16.2. The van der Waals surface area contributed by atoms with Crippen molar-refractivity contribution >= 4 is 65.4 Å². The number of hydrogen-bond acceptors (Lipinski definition) is 2. The molecular weight excluding hydrogens is 599 g/mol. The number of aromatic nitrogens is 3. The second-order valence-corrected chi connectivity index (χ2v) is 12.4. The average Bonchev–Trinajstić information content (AvgIpc) is 3.80. The van der Waals surface area contributed by atoms with Crippen LogP contribution in [0.4, 0.5) is 0 Å². The predicted octanol–water partition coefficient (Wildman–Crippen LogP) is 10.7. The van der Waals surface area contributed by atoms with E-state index in [0.717, 1.165) is 71.7 Å². The number of benzene rings is 7. The normalized spacial score (nSPS) is 11.6. The van der Waals surface area contributed by atoms with Gasteiger partial charge in [-0.25, -0.2) is 0 Å². The quantitative estimate of drug-likeness (QED) is 0.197. The zero-order valence-electron chi connectivity index (χ0n) is 26.2. The minimum Gasteiger partial charge on any atom is -0.309 e.